The van der Waals surface area contributed by atoms with Crippen LogP contribution in [-0.4, -0.2) is 0 Å². The summed E-state index contributed by atoms with van der Waals surface area (Å²) in [4.78, 5) is 0. The highest BCUT2D eigenvalue weighted by molar-refractivity contribution is 7.29. The molecule has 40 heavy (non-hydrogen) atoms. The zero-order valence-electron chi connectivity index (χ0n) is 19.7. The molecule has 0 aliphatic heterocycles. The van der Waals surface area contributed by atoms with Gasteiger partial charge in [0.15, 0.2) is 17.5 Å². The highest BCUT2D eigenvalue weighted by Crippen LogP contribution is 2.46. The zero-order valence-corrected chi connectivity index (χ0v) is 23.7. The van der Waals surface area contributed by atoms with E-state index in [1.54, 1.807) is 18.2 Å². The summed E-state index contributed by atoms with van der Waals surface area (Å²) in [6, 6.07) is 15.3. The van der Waals surface area contributed by atoms with Gasteiger partial charge in [0.25, 0.3) is 0 Å². The molecule has 0 saturated carbocycles. The van der Waals surface area contributed by atoms with Crippen LogP contribution in [0.5, 0.6) is 0 Å². The molecule has 5 rings (SSSR count). The van der Waals surface area contributed by atoms with Crippen molar-refractivity contribution in [2.45, 2.75) is 0 Å². The second-order valence-electron chi connectivity index (χ2n) is 8.38. The maximum atomic E-state index is 14.6. The number of rotatable bonds is 2. The Balaban J connectivity index is 2.14. The zero-order chi connectivity index (χ0) is 28.9. The van der Waals surface area contributed by atoms with Crippen molar-refractivity contribution < 1.29 is 17.6 Å². The molecule has 12 heteroatoms. The monoisotopic (exact) mass is 604 g/mol. The van der Waals surface area contributed by atoms with E-state index in [4.69, 9.17) is 0 Å². The number of hydrogen-bond acceptors (Lipinski definition) is 6. The van der Waals surface area contributed by atoms with Crippen LogP contribution < -0.4 is 19.7 Å². The molecule has 4 nitrogen and oxygen atoms in total. The summed E-state index contributed by atoms with van der Waals surface area (Å²) in [5, 5.41) is 39.5. The predicted molar refractivity (Wildman–Crippen MR) is 155 cm³/mol. The Kier molecular flexibility index (Phi) is 7.16. The molecule has 0 N–H and O–H groups in total. The lowest BCUT2D eigenvalue weighted by Gasteiger charge is -2.14. The number of hydrogen-bond donors (Lipinski definition) is 0. The lowest BCUT2D eigenvalue weighted by atomic mass is 9.93. The van der Waals surface area contributed by atoms with Crippen LogP contribution in [0.4, 0.5) is 17.6 Å². The maximum Gasteiger partial charge on any atom is 0.194 e. The average Bonchev–Trinajstić information content (AvgIpc) is 3.54. The van der Waals surface area contributed by atoms with Crippen LogP contribution in [0.1, 0.15) is 0 Å². The molecule has 192 valence electrons. The molecule has 0 fully saturated rings. The van der Waals surface area contributed by atoms with Crippen LogP contribution in [0.15, 0.2) is 36.4 Å². The van der Waals surface area contributed by atoms with Crippen molar-refractivity contribution in [2.24, 2.45) is 0 Å². The van der Waals surface area contributed by atoms with Gasteiger partial charge in [-0.2, -0.15) is 21.0 Å². The standard InChI is InChI=1S/C28H10F4N4P2S2/c29-17-1-11(2-18(30)25(17)31)23-15-5-21(13(7-33)8-34)40-28(15)24(12-3-19(37)26(32)20(38)4-12)16-6-22(39-27(16)23)14(9-35)10-36/h1-6H,37-38H2. The van der Waals surface area contributed by atoms with Crippen molar-refractivity contribution in [3.05, 3.63) is 68.7 Å². The average molecular weight is 604 g/mol. The molecular weight excluding hydrogens is 594 g/mol. The van der Waals surface area contributed by atoms with Gasteiger partial charge in [-0.05, 0) is 47.5 Å². The number of thiophene rings is 2. The fraction of sp³-hybridized carbons (Fsp3) is 0. The first kappa shape index (κ1) is 27.4. The number of nitriles is 4. The topological polar surface area (TPSA) is 95.2 Å². The van der Waals surface area contributed by atoms with E-state index in [9.17, 15) is 38.6 Å². The molecule has 0 saturated heterocycles. The van der Waals surface area contributed by atoms with Gasteiger partial charge >= 0.3 is 0 Å². The number of fused-ring (bicyclic) bond motifs is 2. The van der Waals surface area contributed by atoms with Crippen LogP contribution in [0.25, 0.3) is 53.6 Å². The fourth-order valence-electron chi connectivity index (χ4n) is 4.37. The molecule has 0 aliphatic carbocycles. The summed E-state index contributed by atoms with van der Waals surface area (Å²) in [6.07, 6.45) is 0. The Morgan fingerprint density at radius 1 is 0.575 bits per heavy atom. The van der Waals surface area contributed by atoms with Gasteiger partial charge in [-0.3, -0.25) is 0 Å². The lowest BCUT2D eigenvalue weighted by molar-refractivity contribution is 0.448. The van der Waals surface area contributed by atoms with Gasteiger partial charge in [-0.25, -0.2) is 17.6 Å². The van der Waals surface area contributed by atoms with Crippen molar-refractivity contribution >= 4 is 83.1 Å². The van der Waals surface area contributed by atoms with Crippen LogP contribution >= 0.6 is 41.2 Å². The van der Waals surface area contributed by atoms with Crippen molar-refractivity contribution in [2.75, 3.05) is 0 Å². The van der Waals surface area contributed by atoms with Crippen molar-refractivity contribution in [3.63, 3.8) is 0 Å². The molecule has 0 amide bonds. The molecule has 0 bridgehead atoms. The van der Waals surface area contributed by atoms with Gasteiger partial charge in [-0.15, -0.1) is 41.2 Å². The van der Waals surface area contributed by atoms with Gasteiger partial charge in [0, 0.05) is 41.9 Å². The highest BCUT2D eigenvalue weighted by atomic mass is 32.1. The van der Waals surface area contributed by atoms with Crippen LogP contribution in [0, 0.1) is 68.6 Å². The van der Waals surface area contributed by atoms with Crippen LogP contribution in [0.3, 0.4) is 0 Å². The third-order valence-corrected chi connectivity index (χ3v) is 9.27. The quantitative estimate of drug-likeness (QED) is 0.153. The third-order valence-electron chi connectivity index (χ3n) is 6.09. The second kappa shape index (κ2) is 10.4. The van der Waals surface area contributed by atoms with Crippen LogP contribution in [0.2, 0.25) is 0 Å². The smallest absolute Gasteiger partial charge is 0.194 e. The Bertz CT molecular complexity index is 1950. The summed E-state index contributed by atoms with van der Waals surface area (Å²) in [5.74, 6) is -4.96. The van der Waals surface area contributed by atoms with E-state index in [1.807, 2.05) is 24.3 Å². The Hall–Kier alpha value is -4.14. The van der Waals surface area contributed by atoms with Gasteiger partial charge in [0.2, 0.25) is 0 Å². The van der Waals surface area contributed by atoms with Gasteiger partial charge < -0.3 is 0 Å². The van der Waals surface area contributed by atoms with E-state index in [0.29, 0.717) is 31.3 Å². The first-order valence-corrected chi connectivity index (χ1v) is 13.8. The number of nitrogens with zero attached hydrogens (tertiary/aromatic N) is 4. The first-order chi connectivity index (χ1) is 19.1. The molecule has 5 aromatic rings. The lowest BCUT2D eigenvalue weighted by Crippen LogP contribution is -2.11. The van der Waals surface area contributed by atoms with E-state index in [1.165, 1.54) is 6.07 Å². The summed E-state index contributed by atoms with van der Waals surface area (Å²) in [5.41, 5.74) is 0.919. The Morgan fingerprint density at radius 3 is 1.32 bits per heavy atom. The van der Waals surface area contributed by atoms with Gasteiger partial charge in [0.1, 0.15) is 41.2 Å². The van der Waals surface area contributed by atoms with E-state index in [0.717, 1.165) is 34.8 Å². The van der Waals surface area contributed by atoms with Crippen molar-refractivity contribution in [3.8, 4) is 46.5 Å². The molecular formula is C28H10F4N4P2S2. The van der Waals surface area contributed by atoms with Crippen LogP contribution in [-0.2, 0) is 0 Å². The van der Waals surface area contributed by atoms with Gasteiger partial charge in [0.05, 0.1) is 9.06 Å². The number of halogens is 4. The molecule has 0 spiro atoms. The minimum atomic E-state index is -1.65. The fourth-order valence-corrected chi connectivity index (χ4v) is 7.61. The molecule has 0 aliphatic rings. The molecule has 0 radical (unpaired) electrons. The third kappa shape index (κ3) is 4.33. The molecule has 2 unspecified atom stereocenters. The van der Waals surface area contributed by atoms with E-state index < -0.39 is 23.3 Å². The predicted octanol–water partition coefficient (Wildman–Crippen LogP) is 5.40. The normalized spacial score (nSPS) is 10.7. The number of benzene rings is 3. The minimum absolute atomic E-state index is 0.0285. The summed E-state index contributed by atoms with van der Waals surface area (Å²) in [6.45, 7) is 0. The van der Waals surface area contributed by atoms with E-state index in [2.05, 4.69) is 18.5 Å². The summed E-state index contributed by atoms with van der Waals surface area (Å²) in [7, 11) is 4.63. The largest absolute Gasteiger partial charge is 0.206 e. The first-order valence-electron chi connectivity index (χ1n) is 11.0. The highest BCUT2D eigenvalue weighted by Gasteiger charge is 2.23. The summed E-state index contributed by atoms with van der Waals surface area (Å²) < 4.78 is 58.8. The van der Waals surface area contributed by atoms with E-state index in [-0.39, 0.29) is 41.9 Å². The summed E-state index contributed by atoms with van der Waals surface area (Å²) >= 11 is 2.09. The molecule has 2 aromatic heterocycles. The molecule has 2 heterocycles. The Labute approximate surface area is 236 Å². The minimum Gasteiger partial charge on any atom is -0.206 e. The van der Waals surface area contributed by atoms with E-state index >= 15 is 0 Å². The SMILES string of the molecule is N#CC(C#N)=c1cc2c(-c3cc(P)c(F)c(P)c3)c3sc(=C(C#N)C#N)cc3c(-c3cc(F)c(F)c(F)c3)c2s1. The molecule has 3 aromatic carbocycles. The van der Waals surface area contributed by atoms with Gasteiger partial charge in [-0.1, -0.05) is 0 Å². The molecule has 2 atom stereocenters. The second-order valence-corrected chi connectivity index (χ2v) is 11.7. The Morgan fingerprint density at radius 2 is 0.950 bits per heavy atom. The maximum absolute atomic E-state index is 14.6. The van der Waals surface area contributed by atoms with Crippen molar-refractivity contribution in [1.82, 2.24) is 0 Å². The van der Waals surface area contributed by atoms with Crippen molar-refractivity contribution in [1.29, 1.82) is 21.0 Å².